The number of aromatic nitrogens is 1. The Morgan fingerprint density at radius 3 is 2.71 bits per heavy atom. The molecule has 0 amide bonds. The van der Waals surface area contributed by atoms with Gasteiger partial charge in [0.05, 0.1) is 0 Å². The van der Waals surface area contributed by atoms with Crippen LogP contribution in [0.5, 0.6) is 0 Å². The van der Waals surface area contributed by atoms with E-state index < -0.39 is 0 Å². The smallest absolute Gasteiger partial charge is 0.124 e. The van der Waals surface area contributed by atoms with Gasteiger partial charge in [0.1, 0.15) is 5.49 Å². The second kappa shape index (κ2) is 5.32. The Balaban J connectivity index is 2.15. The molecule has 2 aromatic rings. The number of nitrogens with zero attached hydrogens (tertiary/aromatic N) is 1. The zero-order valence-corrected chi connectivity index (χ0v) is 11.4. The van der Waals surface area contributed by atoms with Crippen molar-refractivity contribution >= 4 is 15.9 Å². The Hall–Kier alpha value is -1.35. The molecule has 2 rings (SSSR count). The van der Waals surface area contributed by atoms with Crippen LogP contribution < -0.4 is 5.49 Å². The van der Waals surface area contributed by atoms with Crippen molar-refractivity contribution in [3.8, 4) is 0 Å². The Bertz CT molecular complexity index is 572. The quantitative estimate of drug-likeness (QED) is 0.899. The molecule has 3 heteroatoms. The molecule has 0 atom stereocenters. The number of halogens is 1. The van der Waals surface area contributed by atoms with Gasteiger partial charge in [-0.3, -0.25) is 5.41 Å². The minimum atomic E-state index is 0.558. The lowest BCUT2D eigenvalue weighted by Gasteiger charge is -2.09. The van der Waals surface area contributed by atoms with Crippen molar-refractivity contribution in [2.24, 2.45) is 0 Å². The molecule has 0 radical (unpaired) electrons. The summed E-state index contributed by atoms with van der Waals surface area (Å²) in [5.41, 5.74) is 3.02. The number of benzene rings is 1. The Labute approximate surface area is 110 Å². The van der Waals surface area contributed by atoms with Crippen LogP contribution in [0.4, 0.5) is 0 Å². The minimum absolute atomic E-state index is 0.558. The standard InChI is InChI=1S/C14H15BrN2/c1-11-6-7-14(16)17(10-11)9-8-12-4-2-3-5-13(12)15/h2-7,10,16H,8-9H2,1H3. The topological polar surface area (TPSA) is 28.8 Å². The second-order valence-corrected chi connectivity index (χ2v) is 4.98. The van der Waals surface area contributed by atoms with Crippen LogP contribution in [0.25, 0.3) is 0 Å². The number of hydrogen-bond donors (Lipinski definition) is 1. The molecule has 0 fully saturated rings. The average molecular weight is 291 g/mol. The van der Waals surface area contributed by atoms with Crippen molar-refractivity contribution in [2.45, 2.75) is 19.9 Å². The van der Waals surface area contributed by atoms with Crippen LogP contribution in [0, 0.1) is 12.3 Å². The summed E-state index contributed by atoms with van der Waals surface area (Å²) < 4.78 is 3.12. The van der Waals surface area contributed by atoms with Crippen LogP contribution in [-0.2, 0) is 13.0 Å². The average Bonchev–Trinajstić information content (AvgIpc) is 2.32. The molecule has 1 N–H and O–H groups in total. The molecule has 0 bridgehead atoms. The van der Waals surface area contributed by atoms with Gasteiger partial charge < -0.3 is 4.57 Å². The first-order valence-corrected chi connectivity index (χ1v) is 6.41. The lowest BCUT2D eigenvalue weighted by molar-refractivity contribution is 0.647. The zero-order chi connectivity index (χ0) is 12.3. The van der Waals surface area contributed by atoms with Crippen LogP contribution >= 0.6 is 15.9 Å². The number of aryl methyl sites for hydroxylation is 3. The Morgan fingerprint density at radius 2 is 1.94 bits per heavy atom. The molecule has 0 unspecified atom stereocenters. The first kappa shape index (κ1) is 12.1. The maximum atomic E-state index is 7.84. The van der Waals surface area contributed by atoms with Gasteiger partial charge in [-0.25, -0.2) is 0 Å². The molecular weight excluding hydrogens is 276 g/mol. The van der Waals surface area contributed by atoms with Gasteiger partial charge in [-0.15, -0.1) is 0 Å². The van der Waals surface area contributed by atoms with E-state index in [1.54, 1.807) is 0 Å². The number of hydrogen-bond acceptors (Lipinski definition) is 1. The van der Waals surface area contributed by atoms with Crippen molar-refractivity contribution in [1.82, 2.24) is 4.57 Å². The molecular formula is C14H15BrN2. The highest BCUT2D eigenvalue weighted by atomic mass is 79.9. The number of pyridine rings is 1. The number of rotatable bonds is 3. The molecule has 88 valence electrons. The molecule has 0 aliphatic heterocycles. The van der Waals surface area contributed by atoms with Gasteiger partial charge in [0, 0.05) is 17.2 Å². The fourth-order valence-electron chi connectivity index (χ4n) is 1.79. The summed E-state index contributed by atoms with van der Waals surface area (Å²) in [5, 5.41) is 7.84. The molecule has 1 aromatic carbocycles. The minimum Gasteiger partial charge on any atom is -0.333 e. The van der Waals surface area contributed by atoms with E-state index in [2.05, 4.69) is 28.1 Å². The molecule has 17 heavy (non-hydrogen) atoms. The van der Waals surface area contributed by atoms with Crippen LogP contribution in [-0.4, -0.2) is 4.57 Å². The molecule has 0 saturated carbocycles. The first-order chi connectivity index (χ1) is 8.16. The summed E-state index contributed by atoms with van der Waals surface area (Å²) in [6, 6.07) is 12.0. The Morgan fingerprint density at radius 1 is 1.18 bits per heavy atom. The highest BCUT2D eigenvalue weighted by Crippen LogP contribution is 2.16. The summed E-state index contributed by atoms with van der Waals surface area (Å²) in [6.07, 6.45) is 2.96. The largest absolute Gasteiger partial charge is 0.333 e. The fourth-order valence-corrected chi connectivity index (χ4v) is 2.27. The van der Waals surface area contributed by atoms with Crippen LogP contribution in [0.2, 0.25) is 0 Å². The van der Waals surface area contributed by atoms with Gasteiger partial charge >= 0.3 is 0 Å². The van der Waals surface area contributed by atoms with Crippen molar-refractivity contribution in [1.29, 1.82) is 5.41 Å². The first-order valence-electron chi connectivity index (χ1n) is 5.62. The monoisotopic (exact) mass is 290 g/mol. The van der Waals surface area contributed by atoms with Crippen LogP contribution in [0.15, 0.2) is 47.1 Å². The lowest BCUT2D eigenvalue weighted by Crippen LogP contribution is -2.20. The van der Waals surface area contributed by atoms with E-state index in [0.717, 1.165) is 17.4 Å². The van der Waals surface area contributed by atoms with Crippen LogP contribution in [0.1, 0.15) is 11.1 Å². The molecule has 2 nitrogen and oxygen atoms in total. The third-order valence-corrected chi connectivity index (χ3v) is 3.53. The SMILES string of the molecule is Cc1ccc(=N)n(CCc2ccccc2Br)c1. The number of nitrogens with one attached hydrogen (secondary N) is 1. The van der Waals surface area contributed by atoms with E-state index in [9.17, 15) is 0 Å². The third-order valence-electron chi connectivity index (χ3n) is 2.75. The summed E-state index contributed by atoms with van der Waals surface area (Å²) >= 11 is 3.55. The highest BCUT2D eigenvalue weighted by molar-refractivity contribution is 9.10. The molecule has 0 spiro atoms. The molecule has 0 aliphatic rings. The zero-order valence-electron chi connectivity index (χ0n) is 9.78. The molecule has 0 saturated heterocycles. The summed E-state index contributed by atoms with van der Waals surface area (Å²) in [4.78, 5) is 0. The van der Waals surface area contributed by atoms with E-state index in [1.165, 1.54) is 11.1 Å². The van der Waals surface area contributed by atoms with Crippen molar-refractivity contribution < 1.29 is 0 Å². The van der Waals surface area contributed by atoms with E-state index in [1.807, 2.05) is 42.0 Å². The van der Waals surface area contributed by atoms with Crippen molar-refractivity contribution in [2.75, 3.05) is 0 Å². The van der Waals surface area contributed by atoms with E-state index in [-0.39, 0.29) is 0 Å². The van der Waals surface area contributed by atoms with E-state index >= 15 is 0 Å². The maximum Gasteiger partial charge on any atom is 0.124 e. The Kier molecular flexibility index (Phi) is 3.79. The van der Waals surface area contributed by atoms with Gasteiger partial charge in [0.2, 0.25) is 0 Å². The molecule has 1 aromatic heterocycles. The predicted octanol–water partition coefficient (Wildman–Crippen LogP) is 3.28. The summed E-state index contributed by atoms with van der Waals surface area (Å²) in [5.74, 6) is 0. The summed E-state index contributed by atoms with van der Waals surface area (Å²) in [6.45, 7) is 2.89. The molecule has 1 heterocycles. The normalized spacial score (nSPS) is 10.5. The fraction of sp³-hybridized carbons (Fsp3) is 0.214. The van der Waals surface area contributed by atoms with E-state index in [4.69, 9.17) is 5.41 Å². The highest BCUT2D eigenvalue weighted by Gasteiger charge is 1.99. The maximum absolute atomic E-state index is 7.84. The van der Waals surface area contributed by atoms with E-state index in [0.29, 0.717) is 5.49 Å². The van der Waals surface area contributed by atoms with Gasteiger partial charge in [-0.1, -0.05) is 40.2 Å². The predicted molar refractivity (Wildman–Crippen MR) is 72.9 cm³/mol. The van der Waals surface area contributed by atoms with Crippen molar-refractivity contribution in [3.05, 3.63) is 63.7 Å². The third kappa shape index (κ3) is 3.07. The lowest BCUT2D eigenvalue weighted by atomic mass is 10.1. The van der Waals surface area contributed by atoms with Gasteiger partial charge in [-0.2, -0.15) is 0 Å². The van der Waals surface area contributed by atoms with Crippen molar-refractivity contribution in [3.63, 3.8) is 0 Å². The molecule has 0 aliphatic carbocycles. The van der Waals surface area contributed by atoms with Crippen LogP contribution in [0.3, 0.4) is 0 Å². The van der Waals surface area contributed by atoms with Gasteiger partial charge in [0.25, 0.3) is 0 Å². The second-order valence-electron chi connectivity index (χ2n) is 4.13. The van der Waals surface area contributed by atoms with Gasteiger partial charge in [0.15, 0.2) is 0 Å². The van der Waals surface area contributed by atoms with Gasteiger partial charge in [-0.05, 0) is 36.6 Å². The summed E-state index contributed by atoms with van der Waals surface area (Å²) in [7, 11) is 0.